The summed E-state index contributed by atoms with van der Waals surface area (Å²) >= 11 is 9.91. The zero-order valence-electron chi connectivity index (χ0n) is 11.7. The van der Waals surface area contributed by atoms with Crippen LogP contribution in [0.3, 0.4) is 0 Å². The van der Waals surface area contributed by atoms with Gasteiger partial charge in [-0.2, -0.15) is 0 Å². The molecular formula is C16H17BrClNO. The highest BCUT2D eigenvalue weighted by molar-refractivity contribution is 9.10. The summed E-state index contributed by atoms with van der Waals surface area (Å²) in [5, 5.41) is 0.707. The third-order valence-corrected chi connectivity index (χ3v) is 4.77. The monoisotopic (exact) mass is 353 g/mol. The van der Waals surface area contributed by atoms with Crippen molar-refractivity contribution in [1.29, 1.82) is 0 Å². The summed E-state index contributed by atoms with van der Waals surface area (Å²) in [5.74, 6) is 0.774. The van der Waals surface area contributed by atoms with Gasteiger partial charge in [0.2, 0.25) is 0 Å². The van der Waals surface area contributed by atoms with Gasteiger partial charge in [-0.1, -0.05) is 45.7 Å². The summed E-state index contributed by atoms with van der Waals surface area (Å²) in [6.45, 7) is 3.99. The van der Waals surface area contributed by atoms with E-state index in [1.807, 2.05) is 44.2 Å². The third-order valence-electron chi connectivity index (χ3n) is 3.40. The number of rotatable bonds is 3. The quantitative estimate of drug-likeness (QED) is 0.861. The van der Waals surface area contributed by atoms with Gasteiger partial charge < -0.3 is 10.5 Å². The van der Waals surface area contributed by atoms with Gasteiger partial charge in [0.25, 0.3) is 0 Å². The van der Waals surface area contributed by atoms with Gasteiger partial charge in [0.05, 0.1) is 13.2 Å². The van der Waals surface area contributed by atoms with Crippen LogP contribution in [0.15, 0.2) is 34.8 Å². The second-order valence-electron chi connectivity index (χ2n) is 4.80. The van der Waals surface area contributed by atoms with Gasteiger partial charge in [-0.05, 0) is 42.7 Å². The predicted octanol–water partition coefficient (Wildman–Crippen LogP) is 4.78. The van der Waals surface area contributed by atoms with Crippen LogP contribution in [0.5, 0.6) is 5.75 Å². The largest absolute Gasteiger partial charge is 0.496 e. The molecule has 2 N–H and O–H groups in total. The molecule has 1 atom stereocenters. The van der Waals surface area contributed by atoms with Gasteiger partial charge in [-0.25, -0.2) is 0 Å². The summed E-state index contributed by atoms with van der Waals surface area (Å²) < 4.78 is 6.46. The highest BCUT2D eigenvalue weighted by Crippen LogP contribution is 2.36. The third kappa shape index (κ3) is 2.85. The first-order valence-electron chi connectivity index (χ1n) is 6.30. The van der Waals surface area contributed by atoms with E-state index in [-0.39, 0.29) is 6.04 Å². The van der Waals surface area contributed by atoms with E-state index < -0.39 is 0 Å². The Bertz CT molecular complexity index is 643. The molecule has 0 fully saturated rings. The molecule has 0 aliphatic carbocycles. The number of methoxy groups -OCH3 is 1. The molecule has 2 rings (SSSR count). The Morgan fingerprint density at radius 2 is 1.85 bits per heavy atom. The van der Waals surface area contributed by atoms with Crippen molar-refractivity contribution >= 4 is 27.5 Å². The lowest BCUT2D eigenvalue weighted by atomic mass is 9.96. The van der Waals surface area contributed by atoms with Crippen molar-refractivity contribution in [2.24, 2.45) is 5.73 Å². The average molecular weight is 355 g/mol. The van der Waals surface area contributed by atoms with Crippen LogP contribution in [-0.2, 0) is 0 Å². The van der Waals surface area contributed by atoms with Crippen LogP contribution in [0.4, 0.5) is 0 Å². The normalized spacial score (nSPS) is 12.3. The summed E-state index contributed by atoms with van der Waals surface area (Å²) in [6, 6.07) is 9.54. The molecule has 0 saturated carbocycles. The minimum Gasteiger partial charge on any atom is -0.496 e. The minimum atomic E-state index is -0.325. The number of benzene rings is 2. The van der Waals surface area contributed by atoms with Crippen molar-refractivity contribution in [3.8, 4) is 5.75 Å². The van der Waals surface area contributed by atoms with E-state index in [0.717, 1.165) is 32.5 Å². The number of ether oxygens (including phenoxy) is 1. The molecule has 0 radical (unpaired) electrons. The minimum absolute atomic E-state index is 0.325. The van der Waals surface area contributed by atoms with Crippen LogP contribution in [0.2, 0.25) is 5.02 Å². The Kier molecular flexibility index (Phi) is 4.74. The molecule has 0 aliphatic rings. The van der Waals surface area contributed by atoms with Crippen molar-refractivity contribution in [3.63, 3.8) is 0 Å². The van der Waals surface area contributed by atoms with Gasteiger partial charge in [0.1, 0.15) is 5.75 Å². The fraction of sp³-hybridized carbons (Fsp3) is 0.250. The first kappa shape index (κ1) is 15.4. The van der Waals surface area contributed by atoms with Crippen molar-refractivity contribution in [2.45, 2.75) is 19.9 Å². The second-order valence-corrected chi connectivity index (χ2v) is 6.03. The van der Waals surface area contributed by atoms with Crippen LogP contribution in [0.25, 0.3) is 0 Å². The van der Waals surface area contributed by atoms with Crippen LogP contribution in [0.1, 0.15) is 28.3 Å². The SMILES string of the molecule is COc1cc(C)c(Br)cc1C(N)c1cccc(C)c1Cl. The van der Waals surface area contributed by atoms with Crippen molar-refractivity contribution in [2.75, 3.05) is 7.11 Å². The first-order valence-corrected chi connectivity index (χ1v) is 7.47. The second kappa shape index (κ2) is 6.17. The van der Waals surface area contributed by atoms with E-state index >= 15 is 0 Å². The Morgan fingerprint density at radius 3 is 2.50 bits per heavy atom. The first-order chi connectivity index (χ1) is 9.45. The number of halogens is 2. The molecular weight excluding hydrogens is 338 g/mol. The zero-order valence-corrected chi connectivity index (χ0v) is 14.0. The lowest BCUT2D eigenvalue weighted by Crippen LogP contribution is -2.14. The highest BCUT2D eigenvalue weighted by atomic mass is 79.9. The van der Waals surface area contributed by atoms with Gasteiger partial charge in [0, 0.05) is 15.1 Å². The smallest absolute Gasteiger partial charge is 0.124 e. The fourth-order valence-corrected chi connectivity index (χ4v) is 2.77. The number of hydrogen-bond acceptors (Lipinski definition) is 2. The molecule has 2 nitrogen and oxygen atoms in total. The van der Waals surface area contributed by atoms with Crippen molar-refractivity contribution < 1.29 is 4.74 Å². The summed E-state index contributed by atoms with van der Waals surface area (Å²) in [4.78, 5) is 0. The van der Waals surface area contributed by atoms with Gasteiger partial charge in [-0.3, -0.25) is 0 Å². The number of nitrogens with two attached hydrogens (primary N) is 1. The van der Waals surface area contributed by atoms with Gasteiger partial charge >= 0.3 is 0 Å². The number of aryl methyl sites for hydroxylation is 2. The number of hydrogen-bond donors (Lipinski definition) is 1. The van der Waals surface area contributed by atoms with E-state index in [1.54, 1.807) is 7.11 Å². The van der Waals surface area contributed by atoms with Crippen LogP contribution >= 0.6 is 27.5 Å². The fourth-order valence-electron chi connectivity index (χ4n) is 2.17. The molecule has 0 amide bonds. The van der Waals surface area contributed by atoms with E-state index in [0.29, 0.717) is 5.02 Å². The Balaban J connectivity index is 2.55. The molecule has 0 saturated heterocycles. The topological polar surface area (TPSA) is 35.2 Å². The lowest BCUT2D eigenvalue weighted by Gasteiger charge is -2.19. The van der Waals surface area contributed by atoms with Gasteiger partial charge in [0.15, 0.2) is 0 Å². The maximum atomic E-state index is 6.40. The van der Waals surface area contributed by atoms with Crippen LogP contribution in [0, 0.1) is 13.8 Å². The molecule has 2 aromatic carbocycles. The zero-order chi connectivity index (χ0) is 14.9. The Labute approximate surface area is 133 Å². The maximum Gasteiger partial charge on any atom is 0.124 e. The van der Waals surface area contributed by atoms with Gasteiger partial charge in [-0.15, -0.1) is 0 Å². The van der Waals surface area contributed by atoms with E-state index in [9.17, 15) is 0 Å². The molecule has 0 bridgehead atoms. The van der Waals surface area contributed by atoms with E-state index in [4.69, 9.17) is 22.1 Å². The Morgan fingerprint density at radius 1 is 1.15 bits per heavy atom. The lowest BCUT2D eigenvalue weighted by molar-refractivity contribution is 0.407. The summed E-state index contributed by atoms with van der Waals surface area (Å²) in [7, 11) is 1.65. The molecule has 1 unspecified atom stereocenters. The van der Waals surface area contributed by atoms with Crippen molar-refractivity contribution in [3.05, 3.63) is 62.1 Å². The van der Waals surface area contributed by atoms with Crippen molar-refractivity contribution in [1.82, 2.24) is 0 Å². The Hall–Kier alpha value is -1.03. The highest BCUT2D eigenvalue weighted by Gasteiger charge is 2.18. The summed E-state index contributed by atoms with van der Waals surface area (Å²) in [5.41, 5.74) is 10.3. The van der Waals surface area contributed by atoms with E-state index in [2.05, 4.69) is 15.9 Å². The summed E-state index contributed by atoms with van der Waals surface area (Å²) in [6.07, 6.45) is 0. The average Bonchev–Trinajstić information content (AvgIpc) is 2.43. The molecule has 0 heterocycles. The van der Waals surface area contributed by atoms with Crippen LogP contribution in [-0.4, -0.2) is 7.11 Å². The molecule has 20 heavy (non-hydrogen) atoms. The molecule has 0 spiro atoms. The molecule has 106 valence electrons. The standard InChI is InChI=1S/C16H17BrClNO/c1-9-5-4-6-11(15(9)18)16(19)12-8-13(17)10(2)7-14(12)20-3/h4-8,16H,19H2,1-3H3. The molecule has 0 aromatic heterocycles. The maximum absolute atomic E-state index is 6.40. The molecule has 4 heteroatoms. The molecule has 2 aromatic rings. The van der Waals surface area contributed by atoms with E-state index in [1.165, 1.54) is 0 Å². The van der Waals surface area contributed by atoms with Crippen LogP contribution < -0.4 is 10.5 Å². The molecule has 0 aliphatic heterocycles. The predicted molar refractivity (Wildman–Crippen MR) is 87.7 cm³/mol.